The SMILES string of the molecule is CC(C)(C)c1nnc2ccc(N3CCN(Cc4cccc5ccccc45)CC3)nn12. The van der Waals surface area contributed by atoms with Crippen molar-refractivity contribution < 1.29 is 0 Å². The molecule has 0 bridgehead atoms. The Bertz CT molecular complexity index is 1180. The number of nitrogens with zero attached hydrogens (tertiary/aromatic N) is 6. The lowest BCUT2D eigenvalue weighted by Crippen LogP contribution is -2.46. The summed E-state index contributed by atoms with van der Waals surface area (Å²) in [6.07, 6.45) is 0. The van der Waals surface area contributed by atoms with Gasteiger partial charge in [0, 0.05) is 38.1 Å². The highest BCUT2D eigenvalue weighted by atomic mass is 15.4. The van der Waals surface area contributed by atoms with Crippen molar-refractivity contribution in [2.75, 3.05) is 31.1 Å². The van der Waals surface area contributed by atoms with E-state index in [1.165, 1.54) is 16.3 Å². The first kappa shape index (κ1) is 19.0. The molecule has 0 amide bonds. The lowest BCUT2D eigenvalue weighted by molar-refractivity contribution is 0.250. The molecule has 0 N–H and O–H groups in total. The maximum absolute atomic E-state index is 4.87. The van der Waals surface area contributed by atoms with Gasteiger partial charge in [-0.2, -0.15) is 4.52 Å². The van der Waals surface area contributed by atoms with Gasteiger partial charge in [0.25, 0.3) is 0 Å². The van der Waals surface area contributed by atoms with Gasteiger partial charge in [0.15, 0.2) is 11.5 Å². The first-order valence-corrected chi connectivity index (χ1v) is 10.7. The van der Waals surface area contributed by atoms with Crippen molar-refractivity contribution in [3.63, 3.8) is 0 Å². The van der Waals surface area contributed by atoms with Gasteiger partial charge in [0.1, 0.15) is 5.82 Å². The van der Waals surface area contributed by atoms with E-state index in [1.807, 2.05) is 10.6 Å². The molecule has 0 unspecified atom stereocenters. The number of aromatic nitrogens is 4. The topological polar surface area (TPSA) is 49.6 Å². The van der Waals surface area contributed by atoms with Crippen molar-refractivity contribution in [2.45, 2.75) is 32.7 Å². The summed E-state index contributed by atoms with van der Waals surface area (Å²) < 4.78 is 1.90. The summed E-state index contributed by atoms with van der Waals surface area (Å²) in [4.78, 5) is 4.90. The first-order valence-electron chi connectivity index (χ1n) is 10.7. The van der Waals surface area contributed by atoms with E-state index < -0.39 is 0 Å². The number of benzene rings is 2. The molecule has 2 aromatic carbocycles. The third-order valence-corrected chi connectivity index (χ3v) is 5.89. The first-order chi connectivity index (χ1) is 14.5. The highest BCUT2D eigenvalue weighted by Gasteiger charge is 2.24. The summed E-state index contributed by atoms with van der Waals surface area (Å²) in [6, 6.07) is 19.3. The van der Waals surface area contributed by atoms with Crippen LogP contribution in [0, 0.1) is 0 Å². The van der Waals surface area contributed by atoms with Gasteiger partial charge in [0.05, 0.1) is 0 Å². The standard InChI is InChI=1S/C24H28N6/c1-24(2,3)23-26-25-21-11-12-22(27-30(21)23)29-15-13-28(14-16-29)17-19-9-6-8-18-7-4-5-10-20(18)19/h4-12H,13-17H2,1-3H3. The van der Waals surface area contributed by atoms with Crippen LogP contribution in [0.25, 0.3) is 16.4 Å². The van der Waals surface area contributed by atoms with E-state index in [-0.39, 0.29) is 5.41 Å². The Balaban J connectivity index is 1.31. The van der Waals surface area contributed by atoms with Crippen LogP contribution in [0.3, 0.4) is 0 Å². The molecule has 5 rings (SSSR count). The van der Waals surface area contributed by atoms with E-state index in [9.17, 15) is 0 Å². The number of hydrogen-bond donors (Lipinski definition) is 0. The van der Waals surface area contributed by atoms with Crippen molar-refractivity contribution in [1.29, 1.82) is 0 Å². The Kier molecular flexibility index (Phi) is 4.66. The van der Waals surface area contributed by atoms with Crippen LogP contribution in [0.2, 0.25) is 0 Å². The second-order valence-corrected chi connectivity index (χ2v) is 9.14. The third kappa shape index (κ3) is 3.52. The maximum atomic E-state index is 4.87. The molecule has 0 radical (unpaired) electrons. The second kappa shape index (κ2) is 7.36. The van der Waals surface area contributed by atoms with Gasteiger partial charge in [-0.05, 0) is 28.5 Å². The number of fused-ring (bicyclic) bond motifs is 2. The van der Waals surface area contributed by atoms with Gasteiger partial charge in [-0.25, -0.2) is 0 Å². The zero-order valence-corrected chi connectivity index (χ0v) is 17.9. The Hall–Kier alpha value is -2.99. The molecule has 1 aliphatic heterocycles. The molecular weight excluding hydrogens is 372 g/mol. The van der Waals surface area contributed by atoms with Crippen LogP contribution in [0.1, 0.15) is 32.2 Å². The van der Waals surface area contributed by atoms with Crippen LogP contribution in [0.4, 0.5) is 5.82 Å². The molecule has 6 heteroatoms. The number of anilines is 1. The minimum atomic E-state index is -0.0950. The predicted octanol–water partition coefficient (Wildman–Crippen LogP) is 3.90. The van der Waals surface area contributed by atoms with Crippen LogP contribution in [0.15, 0.2) is 54.6 Å². The molecule has 0 aliphatic carbocycles. The van der Waals surface area contributed by atoms with Crippen molar-refractivity contribution in [3.8, 4) is 0 Å². The predicted molar refractivity (Wildman–Crippen MR) is 121 cm³/mol. The quantitative estimate of drug-likeness (QED) is 0.522. The monoisotopic (exact) mass is 400 g/mol. The Morgan fingerprint density at radius 2 is 1.60 bits per heavy atom. The highest BCUT2D eigenvalue weighted by Crippen LogP contribution is 2.23. The molecule has 2 aromatic heterocycles. The smallest absolute Gasteiger partial charge is 0.178 e. The summed E-state index contributed by atoms with van der Waals surface area (Å²) in [5, 5.41) is 16.2. The Morgan fingerprint density at radius 3 is 2.40 bits per heavy atom. The van der Waals surface area contributed by atoms with E-state index >= 15 is 0 Å². The molecule has 0 spiro atoms. The van der Waals surface area contributed by atoms with Crippen LogP contribution in [-0.4, -0.2) is 50.9 Å². The van der Waals surface area contributed by atoms with E-state index in [1.54, 1.807) is 0 Å². The van der Waals surface area contributed by atoms with Crippen molar-refractivity contribution in [3.05, 3.63) is 66.0 Å². The molecule has 1 saturated heterocycles. The van der Waals surface area contributed by atoms with Gasteiger partial charge in [-0.15, -0.1) is 15.3 Å². The van der Waals surface area contributed by atoms with Crippen LogP contribution < -0.4 is 4.90 Å². The average molecular weight is 401 g/mol. The minimum Gasteiger partial charge on any atom is -0.353 e. The normalized spacial score (nSPS) is 15.9. The largest absolute Gasteiger partial charge is 0.353 e. The fourth-order valence-corrected chi connectivity index (χ4v) is 4.22. The fourth-order valence-electron chi connectivity index (χ4n) is 4.22. The van der Waals surface area contributed by atoms with Gasteiger partial charge in [0.2, 0.25) is 0 Å². The van der Waals surface area contributed by atoms with Crippen molar-refractivity contribution in [1.82, 2.24) is 24.7 Å². The maximum Gasteiger partial charge on any atom is 0.178 e. The summed E-state index contributed by atoms with van der Waals surface area (Å²) in [5.41, 5.74) is 2.11. The molecule has 4 aromatic rings. The third-order valence-electron chi connectivity index (χ3n) is 5.89. The zero-order chi connectivity index (χ0) is 20.7. The lowest BCUT2D eigenvalue weighted by atomic mass is 9.96. The molecular formula is C24H28N6. The van der Waals surface area contributed by atoms with E-state index in [4.69, 9.17) is 5.10 Å². The second-order valence-electron chi connectivity index (χ2n) is 9.14. The van der Waals surface area contributed by atoms with Crippen molar-refractivity contribution in [2.24, 2.45) is 0 Å². The van der Waals surface area contributed by atoms with Crippen LogP contribution >= 0.6 is 0 Å². The molecule has 0 atom stereocenters. The van der Waals surface area contributed by atoms with Gasteiger partial charge >= 0.3 is 0 Å². The van der Waals surface area contributed by atoms with Gasteiger partial charge < -0.3 is 4.90 Å². The summed E-state index contributed by atoms with van der Waals surface area (Å²) in [5.74, 6) is 1.89. The molecule has 1 fully saturated rings. The number of hydrogen-bond acceptors (Lipinski definition) is 5. The molecule has 3 heterocycles. The summed E-state index contributed by atoms with van der Waals surface area (Å²) in [7, 11) is 0. The molecule has 6 nitrogen and oxygen atoms in total. The van der Waals surface area contributed by atoms with Crippen LogP contribution in [-0.2, 0) is 12.0 Å². The molecule has 1 aliphatic rings. The van der Waals surface area contributed by atoms with Crippen molar-refractivity contribution >= 4 is 22.2 Å². The van der Waals surface area contributed by atoms with E-state index in [0.717, 1.165) is 50.0 Å². The number of piperazine rings is 1. The highest BCUT2D eigenvalue weighted by molar-refractivity contribution is 5.85. The van der Waals surface area contributed by atoms with E-state index in [0.29, 0.717) is 0 Å². The van der Waals surface area contributed by atoms with Gasteiger partial charge in [-0.1, -0.05) is 63.2 Å². The summed E-state index contributed by atoms with van der Waals surface area (Å²) >= 11 is 0. The van der Waals surface area contributed by atoms with Gasteiger partial charge in [-0.3, -0.25) is 4.90 Å². The molecule has 0 saturated carbocycles. The lowest BCUT2D eigenvalue weighted by Gasteiger charge is -2.35. The number of rotatable bonds is 3. The summed E-state index contributed by atoms with van der Waals surface area (Å²) in [6.45, 7) is 11.4. The average Bonchev–Trinajstić information content (AvgIpc) is 3.18. The molecule has 154 valence electrons. The van der Waals surface area contributed by atoms with Crippen LogP contribution in [0.5, 0.6) is 0 Å². The zero-order valence-electron chi connectivity index (χ0n) is 17.9. The molecule has 30 heavy (non-hydrogen) atoms. The fraction of sp³-hybridized carbons (Fsp3) is 0.375. The Labute approximate surface area is 177 Å². The Morgan fingerprint density at radius 1 is 0.833 bits per heavy atom. The minimum absolute atomic E-state index is 0.0950. The van der Waals surface area contributed by atoms with E-state index in [2.05, 4.69) is 89.3 Å².